The van der Waals surface area contributed by atoms with Crippen molar-refractivity contribution < 1.29 is 4.74 Å². The molecule has 132 valence electrons. The van der Waals surface area contributed by atoms with Gasteiger partial charge in [0.25, 0.3) is 0 Å². The summed E-state index contributed by atoms with van der Waals surface area (Å²) in [6.07, 6.45) is 1.82. The van der Waals surface area contributed by atoms with E-state index in [4.69, 9.17) is 10.5 Å². The molecule has 4 N–H and O–H groups in total. The monoisotopic (exact) mass is 365 g/mol. The third kappa shape index (κ3) is 2.76. The topological polar surface area (TPSA) is 88.3 Å². The fraction of sp³-hybridized carbons (Fsp3) is 0.158. The lowest BCUT2D eigenvalue weighted by atomic mass is 9.99. The van der Waals surface area contributed by atoms with E-state index in [9.17, 15) is 0 Å². The van der Waals surface area contributed by atoms with Crippen molar-refractivity contribution in [2.75, 3.05) is 18.3 Å². The SMILES string of the molecule is COc1ccc2[nH]c3c(C)cc(C=NNc4nc(N)cs4)c(C)c3c2c1. The number of aromatic nitrogens is 2. The molecule has 0 aliphatic heterocycles. The van der Waals surface area contributed by atoms with Crippen LogP contribution in [0.25, 0.3) is 21.8 Å². The van der Waals surface area contributed by atoms with E-state index >= 15 is 0 Å². The number of rotatable bonds is 4. The van der Waals surface area contributed by atoms with Crippen LogP contribution >= 0.6 is 11.3 Å². The van der Waals surface area contributed by atoms with Crippen molar-refractivity contribution in [2.45, 2.75) is 13.8 Å². The molecule has 0 saturated heterocycles. The van der Waals surface area contributed by atoms with Gasteiger partial charge in [-0.25, -0.2) is 4.98 Å². The molecule has 0 unspecified atom stereocenters. The first-order chi connectivity index (χ1) is 12.6. The first-order valence-electron chi connectivity index (χ1n) is 8.16. The molecule has 0 fully saturated rings. The van der Waals surface area contributed by atoms with E-state index in [0.717, 1.165) is 33.3 Å². The van der Waals surface area contributed by atoms with E-state index in [1.54, 1.807) is 12.5 Å². The molecule has 4 aromatic rings. The van der Waals surface area contributed by atoms with Gasteiger partial charge in [0.2, 0.25) is 5.13 Å². The number of methoxy groups -OCH3 is 1. The highest BCUT2D eigenvalue weighted by molar-refractivity contribution is 7.14. The van der Waals surface area contributed by atoms with Crippen molar-refractivity contribution in [1.29, 1.82) is 0 Å². The molecule has 0 bridgehead atoms. The van der Waals surface area contributed by atoms with Gasteiger partial charge in [-0.3, -0.25) is 5.43 Å². The Morgan fingerprint density at radius 1 is 1.31 bits per heavy atom. The van der Waals surface area contributed by atoms with Gasteiger partial charge < -0.3 is 15.5 Å². The summed E-state index contributed by atoms with van der Waals surface area (Å²) >= 11 is 1.42. The zero-order chi connectivity index (χ0) is 18.3. The number of nitrogens with zero attached hydrogens (tertiary/aromatic N) is 2. The molecule has 2 aromatic heterocycles. The molecule has 0 saturated carbocycles. The number of nitrogen functional groups attached to an aromatic ring is 1. The van der Waals surface area contributed by atoms with Gasteiger partial charge in [-0.05, 0) is 54.8 Å². The largest absolute Gasteiger partial charge is 0.497 e. The van der Waals surface area contributed by atoms with Crippen LogP contribution in [0.1, 0.15) is 16.7 Å². The van der Waals surface area contributed by atoms with Crippen LogP contribution in [0.4, 0.5) is 10.9 Å². The first kappa shape index (κ1) is 16.4. The molecule has 0 aliphatic carbocycles. The number of H-pyrrole nitrogens is 1. The van der Waals surface area contributed by atoms with Crippen LogP contribution in [0, 0.1) is 13.8 Å². The van der Waals surface area contributed by atoms with E-state index in [0.29, 0.717) is 10.9 Å². The molecule has 4 rings (SSSR count). The van der Waals surface area contributed by atoms with E-state index in [1.165, 1.54) is 22.3 Å². The summed E-state index contributed by atoms with van der Waals surface area (Å²) in [7, 11) is 1.68. The number of aryl methyl sites for hydroxylation is 2. The van der Waals surface area contributed by atoms with Crippen LogP contribution < -0.4 is 15.9 Å². The molecule has 0 atom stereocenters. The Labute approximate surface area is 154 Å². The fourth-order valence-corrected chi connectivity index (χ4v) is 3.72. The predicted octanol–water partition coefficient (Wildman–Crippen LogP) is 4.43. The molecule has 2 heterocycles. The number of hydrogen-bond acceptors (Lipinski definition) is 6. The number of hydrazone groups is 1. The Balaban J connectivity index is 1.80. The van der Waals surface area contributed by atoms with Crippen LogP contribution in [0.15, 0.2) is 34.7 Å². The lowest BCUT2D eigenvalue weighted by molar-refractivity contribution is 0.415. The summed E-state index contributed by atoms with van der Waals surface area (Å²) in [5.74, 6) is 1.34. The Bertz CT molecular complexity index is 1140. The Morgan fingerprint density at radius 3 is 2.88 bits per heavy atom. The van der Waals surface area contributed by atoms with Gasteiger partial charge in [0.15, 0.2) is 0 Å². The van der Waals surface area contributed by atoms with Crippen LogP contribution in [0.2, 0.25) is 0 Å². The van der Waals surface area contributed by atoms with Gasteiger partial charge in [-0.1, -0.05) is 0 Å². The maximum absolute atomic E-state index is 5.63. The zero-order valence-electron chi connectivity index (χ0n) is 14.8. The molecule has 6 nitrogen and oxygen atoms in total. The van der Waals surface area contributed by atoms with Crippen LogP contribution in [0.3, 0.4) is 0 Å². The van der Waals surface area contributed by atoms with Crippen molar-refractivity contribution in [1.82, 2.24) is 9.97 Å². The number of nitrogens with two attached hydrogens (primary N) is 1. The van der Waals surface area contributed by atoms with Gasteiger partial charge in [0.1, 0.15) is 11.6 Å². The quantitative estimate of drug-likeness (QED) is 0.369. The van der Waals surface area contributed by atoms with Gasteiger partial charge in [0, 0.05) is 27.2 Å². The summed E-state index contributed by atoms with van der Waals surface area (Å²) < 4.78 is 5.39. The van der Waals surface area contributed by atoms with Crippen LogP contribution in [-0.2, 0) is 0 Å². The normalized spacial score (nSPS) is 11.7. The van der Waals surface area contributed by atoms with E-state index < -0.39 is 0 Å². The number of benzene rings is 2. The van der Waals surface area contributed by atoms with Gasteiger partial charge >= 0.3 is 0 Å². The predicted molar refractivity (Wildman–Crippen MR) is 110 cm³/mol. The number of fused-ring (bicyclic) bond motifs is 3. The van der Waals surface area contributed by atoms with Gasteiger partial charge in [-0.15, -0.1) is 11.3 Å². The van der Waals surface area contributed by atoms with E-state index in [-0.39, 0.29) is 0 Å². The number of nitrogens with one attached hydrogen (secondary N) is 2. The number of ether oxygens (including phenoxy) is 1. The average molecular weight is 365 g/mol. The fourth-order valence-electron chi connectivity index (χ4n) is 3.17. The molecule has 2 aromatic carbocycles. The first-order valence-corrected chi connectivity index (χ1v) is 9.04. The smallest absolute Gasteiger partial charge is 0.205 e. The highest BCUT2D eigenvalue weighted by atomic mass is 32.1. The minimum Gasteiger partial charge on any atom is -0.497 e. The lowest BCUT2D eigenvalue weighted by Gasteiger charge is -2.06. The van der Waals surface area contributed by atoms with Gasteiger partial charge in [-0.2, -0.15) is 5.10 Å². The highest BCUT2D eigenvalue weighted by Gasteiger charge is 2.12. The number of aromatic amines is 1. The second kappa shape index (κ2) is 6.34. The van der Waals surface area contributed by atoms with Crippen LogP contribution in [-0.4, -0.2) is 23.3 Å². The molecule has 26 heavy (non-hydrogen) atoms. The van der Waals surface area contributed by atoms with Gasteiger partial charge in [0.05, 0.1) is 13.3 Å². The van der Waals surface area contributed by atoms with E-state index in [1.807, 2.05) is 12.3 Å². The summed E-state index contributed by atoms with van der Waals surface area (Å²) in [5.41, 5.74) is 14.2. The second-order valence-electron chi connectivity index (χ2n) is 6.14. The molecular weight excluding hydrogens is 346 g/mol. The third-order valence-electron chi connectivity index (χ3n) is 4.47. The van der Waals surface area contributed by atoms with Crippen molar-refractivity contribution in [3.8, 4) is 5.75 Å². The average Bonchev–Trinajstić information content (AvgIpc) is 3.22. The lowest BCUT2D eigenvalue weighted by Crippen LogP contribution is -1.95. The number of thiazole rings is 1. The maximum atomic E-state index is 5.63. The minimum atomic E-state index is 0.494. The molecule has 0 spiro atoms. The molecule has 0 amide bonds. The molecule has 7 heteroatoms. The third-order valence-corrected chi connectivity index (χ3v) is 5.23. The summed E-state index contributed by atoms with van der Waals surface area (Å²) in [6.45, 7) is 4.21. The van der Waals surface area contributed by atoms with Crippen molar-refractivity contribution in [3.63, 3.8) is 0 Å². The molecule has 0 aliphatic rings. The van der Waals surface area contributed by atoms with Crippen molar-refractivity contribution >= 4 is 50.3 Å². The number of hydrogen-bond donors (Lipinski definition) is 3. The van der Waals surface area contributed by atoms with Crippen molar-refractivity contribution in [2.24, 2.45) is 5.10 Å². The Morgan fingerprint density at radius 2 is 2.15 bits per heavy atom. The zero-order valence-corrected chi connectivity index (χ0v) is 15.6. The summed E-state index contributed by atoms with van der Waals surface area (Å²) in [6, 6.07) is 8.22. The summed E-state index contributed by atoms with van der Waals surface area (Å²) in [5, 5.41) is 9.11. The second-order valence-corrected chi connectivity index (χ2v) is 7.00. The standard InChI is InChI=1S/C19H19N5OS/c1-10-6-12(8-21-24-19-23-16(20)9-26-19)11(2)17-14-7-13(25-3)4-5-15(14)22-18(10)17/h4-9,22H,20H2,1-3H3,(H,23,24). The van der Waals surface area contributed by atoms with E-state index in [2.05, 4.69) is 52.5 Å². The molecular formula is C19H19N5OS. The maximum Gasteiger partial charge on any atom is 0.205 e. The van der Waals surface area contributed by atoms with Crippen molar-refractivity contribution in [3.05, 3.63) is 46.3 Å². The number of anilines is 2. The van der Waals surface area contributed by atoms with Crippen LogP contribution in [0.5, 0.6) is 5.75 Å². The minimum absolute atomic E-state index is 0.494. The highest BCUT2D eigenvalue weighted by Crippen LogP contribution is 2.34. The Hall–Kier alpha value is -3.06. The Kier molecular flexibility index (Phi) is 4.00. The molecule has 0 radical (unpaired) electrons. The summed E-state index contributed by atoms with van der Waals surface area (Å²) in [4.78, 5) is 7.65.